The van der Waals surface area contributed by atoms with Crippen LogP contribution in [0.25, 0.3) is 12.2 Å². The smallest absolute Gasteiger partial charge is 0.203 e. The monoisotopic (exact) mass is 468 g/mol. The Balaban J connectivity index is 2.03. The van der Waals surface area contributed by atoms with Gasteiger partial charge < -0.3 is 28.4 Å². The van der Waals surface area contributed by atoms with E-state index in [4.69, 9.17) is 28.4 Å². The van der Waals surface area contributed by atoms with Crippen LogP contribution in [-0.2, 0) is 4.79 Å². The molecule has 34 heavy (non-hydrogen) atoms. The second kappa shape index (κ2) is 11.0. The van der Waals surface area contributed by atoms with Crippen LogP contribution in [0.3, 0.4) is 0 Å². The van der Waals surface area contributed by atoms with Gasteiger partial charge in [-0.25, -0.2) is 0 Å². The van der Waals surface area contributed by atoms with Crippen molar-refractivity contribution in [2.45, 2.75) is 19.8 Å². The van der Waals surface area contributed by atoms with E-state index >= 15 is 0 Å². The molecule has 0 N–H and O–H groups in total. The van der Waals surface area contributed by atoms with Crippen molar-refractivity contribution in [3.8, 4) is 34.5 Å². The van der Waals surface area contributed by atoms with Crippen molar-refractivity contribution < 1.29 is 33.2 Å². The average Bonchev–Trinajstić information content (AvgIpc) is 2.86. The van der Waals surface area contributed by atoms with E-state index in [2.05, 4.69) is 6.92 Å². The van der Waals surface area contributed by atoms with Crippen LogP contribution in [0.5, 0.6) is 34.5 Å². The van der Waals surface area contributed by atoms with Crippen molar-refractivity contribution in [1.82, 2.24) is 0 Å². The third kappa shape index (κ3) is 4.98. The summed E-state index contributed by atoms with van der Waals surface area (Å²) in [5.74, 6) is 3.31. The molecule has 0 heterocycles. The maximum atomic E-state index is 13.5. The van der Waals surface area contributed by atoms with Crippen LogP contribution in [0.15, 0.2) is 35.4 Å². The maximum absolute atomic E-state index is 13.5. The van der Waals surface area contributed by atoms with E-state index in [0.29, 0.717) is 40.9 Å². The zero-order chi connectivity index (χ0) is 24.8. The summed E-state index contributed by atoms with van der Waals surface area (Å²) in [7, 11) is 9.40. The molecule has 1 atom stereocenters. The Kier molecular flexibility index (Phi) is 8.10. The topological polar surface area (TPSA) is 72.5 Å². The second-order valence-corrected chi connectivity index (χ2v) is 7.96. The lowest BCUT2D eigenvalue weighted by Crippen LogP contribution is -2.19. The molecular weight excluding hydrogens is 436 g/mol. The first-order valence-electron chi connectivity index (χ1n) is 11.0. The number of ketones is 1. The minimum atomic E-state index is 0.0150. The number of allylic oxidation sites excluding steroid dienone is 2. The first-order valence-corrected chi connectivity index (χ1v) is 11.0. The minimum Gasteiger partial charge on any atom is -0.493 e. The summed E-state index contributed by atoms with van der Waals surface area (Å²) in [5, 5.41) is 0. The molecule has 2 aromatic rings. The van der Waals surface area contributed by atoms with Gasteiger partial charge in [-0.2, -0.15) is 0 Å². The SMILES string of the molecule is COc1cc(/C=C2/CC[C@@H](C)/C(=C\c3cc(OC)c(OC)c(OC)c3)C2=O)cc(OC)c1OC. The Morgan fingerprint density at radius 1 is 0.676 bits per heavy atom. The molecule has 182 valence electrons. The number of hydrogen-bond acceptors (Lipinski definition) is 7. The number of Topliss-reactive ketones (excluding diaryl/α,β-unsaturated/α-hetero) is 1. The number of carbonyl (C=O) groups excluding carboxylic acids is 1. The highest BCUT2D eigenvalue weighted by atomic mass is 16.5. The molecule has 0 radical (unpaired) electrons. The first kappa shape index (κ1) is 25.0. The van der Waals surface area contributed by atoms with Crippen molar-refractivity contribution in [3.05, 3.63) is 46.5 Å². The van der Waals surface area contributed by atoms with E-state index in [1.165, 1.54) is 0 Å². The van der Waals surface area contributed by atoms with E-state index in [9.17, 15) is 4.79 Å². The van der Waals surface area contributed by atoms with Crippen LogP contribution in [0.1, 0.15) is 30.9 Å². The highest BCUT2D eigenvalue weighted by Crippen LogP contribution is 2.41. The van der Waals surface area contributed by atoms with Crippen LogP contribution in [0, 0.1) is 5.92 Å². The van der Waals surface area contributed by atoms with Crippen LogP contribution >= 0.6 is 0 Å². The van der Waals surface area contributed by atoms with Crippen molar-refractivity contribution in [2.75, 3.05) is 42.7 Å². The lowest BCUT2D eigenvalue weighted by molar-refractivity contribution is -0.113. The molecule has 3 rings (SSSR count). The highest BCUT2D eigenvalue weighted by Gasteiger charge is 2.27. The van der Waals surface area contributed by atoms with Crippen molar-refractivity contribution in [3.63, 3.8) is 0 Å². The third-order valence-corrected chi connectivity index (χ3v) is 5.97. The molecule has 7 heteroatoms. The fourth-order valence-corrected chi connectivity index (χ4v) is 4.15. The first-order chi connectivity index (χ1) is 16.4. The van der Waals surface area contributed by atoms with Gasteiger partial charge in [0.1, 0.15) is 0 Å². The molecule has 2 aromatic carbocycles. The summed E-state index contributed by atoms with van der Waals surface area (Å²) >= 11 is 0. The number of ether oxygens (including phenoxy) is 6. The standard InChI is InChI=1S/C27H32O7/c1-16-8-9-19(10-17-12-21(29-2)26(33-6)22(13-17)30-3)25(28)20(16)11-18-14-23(31-4)27(34-7)24(15-18)32-5/h10-16H,8-9H2,1-7H3/b19-10-,20-11+/t16-/m1/s1. The van der Waals surface area contributed by atoms with Gasteiger partial charge in [0.05, 0.1) is 42.7 Å². The minimum absolute atomic E-state index is 0.0150. The highest BCUT2D eigenvalue weighted by molar-refractivity contribution is 6.14. The molecule has 0 aromatic heterocycles. The predicted molar refractivity (Wildman–Crippen MR) is 132 cm³/mol. The summed E-state index contributed by atoms with van der Waals surface area (Å²) in [5.41, 5.74) is 3.07. The van der Waals surface area contributed by atoms with Gasteiger partial charge in [0.15, 0.2) is 28.8 Å². The summed E-state index contributed by atoms with van der Waals surface area (Å²) in [4.78, 5) is 13.5. The molecule has 1 fully saturated rings. The Morgan fingerprint density at radius 2 is 1.09 bits per heavy atom. The third-order valence-electron chi connectivity index (χ3n) is 5.97. The summed E-state index contributed by atoms with van der Waals surface area (Å²) < 4.78 is 32.6. The molecule has 7 nitrogen and oxygen atoms in total. The van der Waals surface area contributed by atoms with Crippen molar-refractivity contribution >= 4 is 17.9 Å². The Bertz CT molecular complexity index is 1060. The van der Waals surface area contributed by atoms with Gasteiger partial charge in [-0.3, -0.25) is 4.79 Å². The lowest BCUT2D eigenvalue weighted by Gasteiger charge is -2.23. The molecule has 0 saturated heterocycles. The molecule has 0 unspecified atom stereocenters. The normalized spacial score (nSPS) is 18.1. The number of hydrogen-bond donors (Lipinski definition) is 0. The Hall–Kier alpha value is -3.61. The average molecular weight is 469 g/mol. The van der Waals surface area contributed by atoms with Gasteiger partial charge in [0.25, 0.3) is 0 Å². The van der Waals surface area contributed by atoms with Gasteiger partial charge in [0, 0.05) is 11.1 Å². The maximum Gasteiger partial charge on any atom is 0.203 e. The summed E-state index contributed by atoms with van der Waals surface area (Å²) in [6.45, 7) is 2.07. The summed E-state index contributed by atoms with van der Waals surface area (Å²) in [6, 6.07) is 7.35. The Labute approximate surface area is 200 Å². The van der Waals surface area contributed by atoms with E-state index in [-0.39, 0.29) is 11.7 Å². The van der Waals surface area contributed by atoms with Crippen LogP contribution in [-0.4, -0.2) is 48.4 Å². The van der Waals surface area contributed by atoms with Gasteiger partial charge in [-0.15, -0.1) is 0 Å². The van der Waals surface area contributed by atoms with Crippen molar-refractivity contribution in [1.29, 1.82) is 0 Å². The second-order valence-electron chi connectivity index (χ2n) is 7.96. The van der Waals surface area contributed by atoms with Crippen LogP contribution in [0.4, 0.5) is 0 Å². The van der Waals surface area contributed by atoms with Gasteiger partial charge in [-0.1, -0.05) is 6.92 Å². The van der Waals surface area contributed by atoms with Crippen molar-refractivity contribution in [2.24, 2.45) is 5.92 Å². The molecule has 1 aliphatic rings. The number of rotatable bonds is 8. The fourth-order valence-electron chi connectivity index (χ4n) is 4.15. The van der Waals surface area contributed by atoms with E-state index in [1.807, 2.05) is 36.4 Å². The summed E-state index contributed by atoms with van der Waals surface area (Å²) in [6.07, 6.45) is 5.34. The fraction of sp³-hybridized carbons (Fsp3) is 0.370. The van der Waals surface area contributed by atoms with Gasteiger partial charge >= 0.3 is 0 Å². The molecule has 0 spiro atoms. The van der Waals surface area contributed by atoms with Gasteiger partial charge in [0.2, 0.25) is 11.5 Å². The Morgan fingerprint density at radius 3 is 1.47 bits per heavy atom. The molecule has 1 saturated carbocycles. The number of benzene rings is 2. The molecular formula is C27H32O7. The molecule has 0 aliphatic heterocycles. The zero-order valence-electron chi connectivity index (χ0n) is 20.8. The van der Waals surface area contributed by atoms with Crippen LogP contribution < -0.4 is 28.4 Å². The zero-order valence-corrected chi connectivity index (χ0v) is 20.8. The van der Waals surface area contributed by atoms with E-state index in [1.54, 1.807) is 42.7 Å². The van der Waals surface area contributed by atoms with Gasteiger partial charge in [-0.05, 0) is 66.3 Å². The molecule has 1 aliphatic carbocycles. The molecule has 0 bridgehead atoms. The number of carbonyl (C=O) groups is 1. The van der Waals surface area contributed by atoms with E-state index < -0.39 is 0 Å². The van der Waals surface area contributed by atoms with Crippen LogP contribution in [0.2, 0.25) is 0 Å². The number of methoxy groups -OCH3 is 6. The molecule has 0 amide bonds. The largest absolute Gasteiger partial charge is 0.493 e. The lowest BCUT2D eigenvalue weighted by atomic mass is 9.80. The predicted octanol–water partition coefficient (Wildman–Crippen LogP) is 5.20. The van der Waals surface area contributed by atoms with E-state index in [0.717, 1.165) is 28.7 Å². The quantitative estimate of drug-likeness (QED) is 0.493.